The molecule has 0 saturated heterocycles. The van der Waals surface area contributed by atoms with Crippen molar-refractivity contribution in [2.24, 2.45) is 11.8 Å². The van der Waals surface area contributed by atoms with E-state index in [9.17, 15) is 4.39 Å². The average molecular weight is 265 g/mol. The summed E-state index contributed by atoms with van der Waals surface area (Å²) < 4.78 is 19.3. The predicted molar refractivity (Wildman–Crippen MR) is 75.8 cm³/mol. The van der Waals surface area contributed by atoms with Crippen LogP contribution in [0.2, 0.25) is 0 Å². The molecule has 0 aromatic heterocycles. The van der Waals surface area contributed by atoms with E-state index >= 15 is 0 Å². The molecular weight excluding hydrogens is 241 g/mol. The van der Waals surface area contributed by atoms with Crippen molar-refractivity contribution in [3.8, 4) is 5.75 Å². The van der Waals surface area contributed by atoms with Crippen molar-refractivity contribution in [3.63, 3.8) is 0 Å². The number of nitrogens with one attached hydrogen (secondary N) is 1. The SMILES string of the molecule is CC(C)CNCc1ccc(OCCC2CC2)c(F)c1. The zero-order valence-electron chi connectivity index (χ0n) is 11.9. The second kappa shape index (κ2) is 6.90. The molecule has 1 aromatic rings. The number of hydrogen-bond acceptors (Lipinski definition) is 2. The van der Waals surface area contributed by atoms with Gasteiger partial charge in [-0.15, -0.1) is 0 Å². The predicted octanol–water partition coefficient (Wildman–Crippen LogP) is 3.75. The highest BCUT2D eigenvalue weighted by atomic mass is 19.1. The number of hydrogen-bond donors (Lipinski definition) is 1. The Labute approximate surface area is 115 Å². The first-order chi connectivity index (χ1) is 9.15. The Bertz CT molecular complexity index is 402. The second-order valence-corrected chi connectivity index (χ2v) is 5.87. The summed E-state index contributed by atoms with van der Waals surface area (Å²) >= 11 is 0. The van der Waals surface area contributed by atoms with E-state index in [1.165, 1.54) is 12.8 Å². The Kier molecular flexibility index (Phi) is 5.20. The molecule has 2 nitrogen and oxygen atoms in total. The second-order valence-electron chi connectivity index (χ2n) is 5.87. The third-order valence-electron chi connectivity index (χ3n) is 3.36. The molecule has 0 unspecified atom stereocenters. The van der Waals surface area contributed by atoms with Gasteiger partial charge in [-0.3, -0.25) is 0 Å². The van der Waals surface area contributed by atoms with E-state index in [0.717, 1.165) is 24.4 Å². The summed E-state index contributed by atoms with van der Waals surface area (Å²) in [6.45, 7) is 6.60. The molecule has 1 saturated carbocycles. The molecule has 1 aliphatic carbocycles. The van der Waals surface area contributed by atoms with E-state index in [4.69, 9.17) is 4.74 Å². The smallest absolute Gasteiger partial charge is 0.165 e. The number of benzene rings is 1. The maximum absolute atomic E-state index is 13.8. The molecule has 1 aromatic carbocycles. The zero-order chi connectivity index (χ0) is 13.7. The molecule has 0 atom stereocenters. The van der Waals surface area contributed by atoms with E-state index in [1.54, 1.807) is 12.1 Å². The lowest BCUT2D eigenvalue weighted by Crippen LogP contribution is -2.19. The highest BCUT2D eigenvalue weighted by Crippen LogP contribution is 2.32. The molecule has 106 valence electrons. The summed E-state index contributed by atoms with van der Waals surface area (Å²) in [6, 6.07) is 5.25. The van der Waals surface area contributed by atoms with Crippen LogP contribution in [-0.2, 0) is 6.54 Å². The molecule has 2 rings (SSSR count). The van der Waals surface area contributed by atoms with Crippen molar-refractivity contribution < 1.29 is 9.13 Å². The van der Waals surface area contributed by atoms with Gasteiger partial charge in [-0.2, -0.15) is 0 Å². The summed E-state index contributed by atoms with van der Waals surface area (Å²) in [5.41, 5.74) is 0.965. The highest BCUT2D eigenvalue weighted by molar-refractivity contribution is 5.29. The van der Waals surface area contributed by atoms with Gasteiger partial charge in [0.25, 0.3) is 0 Å². The molecule has 0 heterocycles. The molecule has 0 bridgehead atoms. The molecule has 1 aliphatic rings. The van der Waals surface area contributed by atoms with Crippen LogP contribution >= 0.6 is 0 Å². The van der Waals surface area contributed by atoms with Gasteiger partial charge in [0, 0.05) is 6.54 Å². The van der Waals surface area contributed by atoms with Crippen LogP contribution in [0.4, 0.5) is 4.39 Å². The minimum Gasteiger partial charge on any atom is -0.491 e. The molecule has 1 N–H and O–H groups in total. The lowest BCUT2D eigenvalue weighted by Gasteiger charge is -2.10. The lowest BCUT2D eigenvalue weighted by molar-refractivity contribution is 0.288. The third kappa shape index (κ3) is 5.19. The Balaban J connectivity index is 1.78. The molecule has 0 radical (unpaired) electrons. The number of halogens is 1. The quantitative estimate of drug-likeness (QED) is 0.773. The van der Waals surface area contributed by atoms with Gasteiger partial charge in [-0.1, -0.05) is 32.8 Å². The Hall–Kier alpha value is -1.09. The van der Waals surface area contributed by atoms with Crippen LogP contribution < -0.4 is 10.1 Å². The summed E-state index contributed by atoms with van der Waals surface area (Å²) in [5, 5.41) is 3.31. The van der Waals surface area contributed by atoms with E-state index < -0.39 is 0 Å². The van der Waals surface area contributed by atoms with Crippen molar-refractivity contribution in [1.29, 1.82) is 0 Å². The van der Waals surface area contributed by atoms with Crippen LogP contribution in [0.5, 0.6) is 5.75 Å². The van der Waals surface area contributed by atoms with Crippen LogP contribution in [0.25, 0.3) is 0 Å². The molecule has 1 fully saturated rings. The Morgan fingerprint density at radius 3 is 2.79 bits per heavy atom. The van der Waals surface area contributed by atoms with Crippen LogP contribution in [0, 0.1) is 17.7 Å². The molecule has 3 heteroatoms. The lowest BCUT2D eigenvalue weighted by atomic mass is 10.2. The minimum atomic E-state index is -0.250. The fraction of sp³-hybridized carbons (Fsp3) is 0.625. The Morgan fingerprint density at radius 2 is 2.16 bits per heavy atom. The van der Waals surface area contributed by atoms with Gasteiger partial charge < -0.3 is 10.1 Å². The van der Waals surface area contributed by atoms with Crippen LogP contribution in [0.3, 0.4) is 0 Å². The van der Waals surface area contributed by atoms with Gasteiger partial charge in [-0.05, 0) is 42.5 Å². The van der Waals surface area contributed by atoms with Gasteiger partial charge >= 0.3 is 0 Å². The van der Waals surface area contributed by atoms with Crippen LogP contribution in [-0.4, -0.2) is 13.2 Å². The van der Waals surface area contributed by atoms with Crippen molar-refractivity contribution in [2.75, 3.05) is 13.2 Å². The fourth-order valence-corrected chi connectivity index (χ4v) is 2.02. The van der Waals surface area contributed by atoms with Crippen LogP contribution in [0.1, 0.15) is 38.7 Å². The van der Waals surface area contributed by atoms with E-state index in [-0.39, 0.29) is 5.82 Å². The topological polar surface area (TPSA) is 21.3 Å². The van der Waals surface area contributed by atoms with Gasteiger partial charge in [0.15, 0.2) is 11.6 Å². The number of rotatable bonds is 8. The first-order valence-electron chi connectivity index (χ1n) is 7.27. The van der Waals surface area contributed by atoms with Crippen molar-refractivity contribution >= 4 is 0 Å². The maximum Gasteiger partial charge on any atom is 0.165 e. The van der Waals surface area contributed by atoms with Crippen molar-refractivity contribution in [1.82, 2.24) is 5.32 Å². The van der Waals surface area contributed by atoms with Gasteiger partial charge in [-0.25, -0.2) is 4.39 Å². The molecule has 0 aliphatic heterocycles. The van der Waals surface area contributed by atoms with E-state index in [0.29, 0.717) is 24.8 Å². The standard InChI is InChI=1S/C16H24FNO/c1-12(2)10-18-11-14-5-6-16(15(17)9-14)19-8-7-13-3-4-13/h5-6,9,12-13,18H,3-4,7-8,10-11H2,1-2H3. The monoisotopic (exact) mass is 265 g/mol. The molecular formula is C16H24FNO. The Morgan fingerprint density at radius 1 is 1.37 bits per heavy atom. The summed E-state index contributed by atoms with van der Waals surface area (Å²) in [6.07, 6.45) is 3.68. The van der Waals surface area contributed by atoms with Crippen molar-refractivity contribution in [3.05, 3.63) is 29.6 Å². The van der Waals surface area contributed by atoms with Crippen LogP contribution in [0.15, 0.2) is 18.2 Å². The minimum absolute atomic E-state index is 0.250. The number of ether oxygens (including phenoxy) is 1. The van der Waals surface area contributed by atoms with E-state index in [2.05, 4.69) is 19.2 Å². The third-order valence-corrected chi connectivity index (χ3v) is 3.36. The first kappa shape index (κ1) is 14.3. The fourth-order valence-electron chi connectivity index (χ4n) is 2.02. The molecule has 0 amide bonds. The highest BCUT2D eigenvalue weighted by Gasteiger charge is 2.20. The summed E-state index contributed by atoms with van der Waals surface area (Å²) in [5.74, 6) is 1.56. The normalized spacial score (nSPS) is 14.9. The van der Waals surface area contributed by atoms with Gasteiger partial charge in [0.05, 0.1) is 6.61 Å². The summed E-state index contributed by atoms with van der Waals surface area (Å²) in [7, 11) is 0. The molecule has 0 spiro atoms. The maximum atomic E-state index is 13.8. The van der Waals surface area contributed by atoms with E-state index in [1.807, 2.05) is 6.07 Å². The van der Waals surface area contributed by atoms with Gasteiger partial charge in [0.2, 0.25) is 0 Å². The average Bonchev–Trinajstić information content (AvgIpc) is 3.15. The largest absolute Gasteiger partial charge is 0.491 e. The van der Waals surface area contributed by atoms with Crippen molar-refractivity contribution in [2.45, 2.75) is 39.7 Å². The first-order valence-corrected chi connectivity index (χ1v) is 7.27. The zero-order valence-corrected chi connectivity index (χ0v) is 11.9. The summed E-state index contributed by atoms with van der Waals surface area (Å²) in [4.78, 5) is 0. The van der Waals surface area contributed by atoms with Gasteiger partial charge in [0.1, 0.15) is 0 Å². The molecule has 19 heavy (non-hydrogen) atoms.